The third-order valence-corrected chi connectivity index (χ3v) is 5.58. The molecule has 1 aromatic rings. The molecule has 1 atom stereocenters. The fourth-order valence-electron chi connectivity index (χ4n) is 4.29. The molecule has 0 radical (unpaired) electrons. The number of rotatable bonds is 5. The van der Waals surface area contributed by atoms with Crippen molar-refractivity contribution < 1.29 is 4.79 Å². The maximum Gasteiger partial charge on any atom is 0.223 e. The van der Waals surface area contributed by atoms with Crippen LogP contribution in [-0.4, -0.2) is 46.5 Å². The monoisotopic (exact) mass is 317 g/mol. The lowest BCUT2D eigenvalue weighted by Gasteiger charge is -2.38. The van der Waals surface area contributed by atoms with Gasteiger partial charge in [0.15, 0.2) is 0 Å². The number of likely N-dealkylation sites (tertiary alicyclic amines) is 1. The number of fused-ring (bicyclic) bond motifs is 1. The van der Waals surface area contributed by atoms with Gasteiger partial charge in [-0.05, 0) is 63.4 Å². The summed E-state index contributed by atoms with van der Waals surface area (Å²) in [5, 5.41) is 0. The Hall–Kier alpha value is -1.29. The third kappa shape index (κ3) is 3.63. The van der Waals surface area contributed by atoms with E-state index in [1.54, 1.807) is 0 Å². The molecule has 4 heteroatoms. The Balaban J connectivity index is 1.56. The summed E-state index contributed by atoms with van der Waals surface area (Å²) in [4.78, 5) is 17.6. The van der Waals surface area contributed by atoms with Gasteiger partial charge in [-0.3, -0.25) is 4.79 Å². The predicted octanol–water partition coefficient (Wildman–Crippen LogP) is 3.29. The Kier molecular flexibility index (Phi) is 5.42. The van der Waals surface area contributed by atoms with Crippen molar-refractivity contribution in [3.05, 3.63) is 24.0 Å². The van der Waals surface area contributed by atoms with Crippen LogP contribution in [0.2, 0.25) is 0 Å². The maximum atomic E-state index is 12.9. The van der Waals surface area contributed by atoms with Crippen molar-refractivity contribution in [2.45, 2.75) is 58.5 Å². The predicted molar refractivity (Wildman–Crippen MR) is 93.2 cm³/mol. The zero-order valence-corrected chi connectivity index (χ0v) is 14.7. The third-order valence-electron chi connectivity index (χ3n) is 5.58. The molecule has 1 saturated heterocycles. The first-order valence-electron chi connectivity index (χ1n) is 9.39. The number of carbonyl (C=O) groups excluding carboxylic acids is 1. The molecule has 1 amide bonds. The van der Waals surface area contributed by atoms with Crippen molar-refractivity contribution in [2.75, 3.05) is 26.2 Å². The van der Waals surface area contributed by atoms with Gasteiger partial charge >= 0.3 is 0 Å². The number of carbonyl (C=O) groups is 1. The van der Waals surface area contributed by atoms with Crippen LogP contribution >= 0.6 is 0 Å². The normalized spacial score (nSPS) is 23.0. The molecule has 3 rings (SSSR count). The Bertz CT molecular complexity index is 516. The largest absolute Gasteiger partial charge is 0.348 e. The van der Waals surface area contributed by atoms with E-state index in [2.05, 4.69) is 46.5 Å². The van der Waals surface area contributed by atoms with E-state index < -0.39 is 0 Å². The molecule has 3 heterocycles. The molecule has 0 unspecified atom stereocenters. The minimum atomic E-state index is 0.270. The van der Waals surface area contributed by atoms with Gasteiger partial charge in [0.25, 0.3) is 0 Å². The SMILES string of the molecule is CCCN1CCC(CC(=O)N2CCn3cccc3[C@H]2CC)CC1. The van der Waals surface area contributed by atoms with Crippen molar-refractivity contribution in [1.29, 1.82) is 0 Å². The van der Waals surface area contributed by atoms with E-state index in [0.717, 1.165) is 25.9 Å². The molecular weight excluding hydrogens is 286 g/mol. The van der Waals surface area contributed by atoms with Gasteiger partial charge in [-0.1, -0.05) is 13.8 Å². The smallest absolute Gasteiger partial charge is 0.223 e. The van der Waals surface area contributed by atoms with Gasteiger partial charge < -0.3 is 14.4 Å². The number of hydrogen-bond acceptors (Lipinski definition) is 2. The maximum absolute atomic E-state index is 12.9. The van der Waals surface area contributed by atoms with Crippen molar-refractivity contribution in [3.63, 3.8) is 0 Å². The molecule has 23 heavy (non-hydrogen) atoms. The minimum absolute atomic E-state index is 0.270. The topological polar surface area (TPSA) is 28.5 Å². The first-order valence-corrected chi connectivity index (χ1v) is 9.39. The van der Waals surface area contributed by atoms with Crippen LogP contribution in [0.5, 0.6) is 0 Å². The highest BCUT2D eigenvalue weighted by Crippen LogP contribution is 2.31. The summed E-state index contributed by atoms with van der Waals surface area (Å²) in [6, 6.07) is 4.55. The van der Waals surface area contributed by atoms with Crippen LogP contribution in [0.1, 0.15) is 57.7 Å². The van der Waals surface area contributed by atoms with Crippen LogP contribution in [0.25, 0.3) is 0 Å². The van der Waals surface area contributed by atoms with E-state index in [1.165, 1.54) is 44.6 Å². The van der Waals surface area contributed by atoms with Crippen molar-refractivity contribution in [1.82, 2.24) is 14.4 Å². The summed E-state index contributed by atoms with van der Waals surface area (Å²) in [6.45, 7) is 9.80. The summed E-state index contributed by atoms with van der Waals surface area (Å²) < 4.78 is 2.31. The van der Waals surface area contributed by atoms with Gasteiger partial charge in [0.1, 0.15) is 0 Å². The Morgan fingerprint density at radius 2 is 1.96 bits per heavy atom. The standard InChI is InChI=1S/C19H31N3O/c1-3-9-20-11-7-16(8-12-20)15-19(23)22-14-13-21-10-5-6-18(21)17(22)4-2/h5-6,10,16-17H,3-4,7-9,11-15H2,1-2H3/t17-/m1/s1. The Morgan fingerprint density at radius 1 is 1.17 bits per heavy atom. The van der Waals surface area contributed by atoms with E-state index in [0.29, 0.717) is 11.8 Å². The van der Waals surface area contributed by atoms with Crippen LogP contribution in [0.4, 0.5) is 0 Å². The highest BCUT2D eigenvalue weighted by atomic mass is 16.2. The quantitative estimate of drug-likeness (QED) is 0.833. The first-order chi connectivity index (χ1) is 11.2. The van der Waals surface area contributed by atoms with Crippen LogP contribution in [0.15, 0.2) is 18.3 Å². The zero-order chi connectivity index (χ0) is 16.2. The lowest BCUT2D eigenvalue weighted by molar-refractivity contribution is -0.136. The fourth-order valence-corrected chi connectivity index (χ4v) is 4.29. The second-order valence-corrected chi connectivity index (χ2v) is 7.13. The minimum Gasteiger partial charge on any atom is -0.348 e. The summed E-state index contributed by atoms with van der Waals surface area (Å²) in [5.41, 5.74) is 1.31. The molecule has 2 aliphatic rings. The van der Waals surface area contributed by atoms with Crippen molar-refractivity contribution in [2.24, 2.45) is 5.92 Å². The van der Waals surface area contributed by atoms with Gasteiger partial charge in [0.05, 0.1) is 6.04 Å². The summed E-state index contributed by atoms with van der Waals surface area (Å²) in [5.74, 6) is 0.958. The molecular formula is C19H31N3O. The second kappa shape index (κ2) is 7.52. The van der Waals surface area contributed by atoms with E-state index in [9.17, 15) is 4.79 Å². The number of amides is 1. The van der Waals surface area contributed by atoms with Gasteiger partial charge in [-0.25, -0.2) is 0 Å². The van der Waals surface area contributed by atoms with Gasteiger partial charge in [-0.2, -0.15) is 0 Å². The highest BCUT2D eigenvalue weighted by molar-refractivity contribution is 5.77. The van der Waals surface area contributed by atoms with Crippen LogP contribution in [-0.2, 0) is 11.3 Å². The van der Waals surface area contributed by atoms with Crippen LogP contribution in [0, 0.1) is 5.92 Å². The molecule has 0 spiro atoms. The highest BCUT2D eigenvalue weighted by Gasteiger charge is 2.31. The molecule has 0 aromatic carbocycles. The summed E-state index contributed by atoms with van der Waals surface area (Å²) in [6.07, 6.45) is 7.50. The molecule has 0 aliphatic carbocycles. The number of nitrogens with zero attached hydrogens (tertiary/aromatic N) is 3. The second-order valence-electron chi connectivity index (χ2n) is 7.13. The molecule has 0 N–H and O–H groups in total. The lowest BCUT2D eigenvalue weighted by atomic mass is 9.92. The van der Waals surface area contributed by atoms with E-state index in [-0.39, 0.29) is 6.04 Å². The molecule has 2 aliphatic heterocycles. The Morgan fingerprint density at radius 3 is 2.65 bits per heavy atom. The van der Waals surface area contributed by atoms with E-state index >= 15 is 0 Å². The molecule has 128 valence electrons. The van der Waals surface area contributed by atoms with Gasteiger partial charge in [0.2, 0.25) is 5.91 Å². The Labute approximate surface area is 140 Å². The summed E-state index contributed by atoms with van der Waals surface area (Å²) >= 11 is 0. The van der Waals surface area contributed by atoms with Crippen molar-refractivity contribution >= 4 is 5.91 Å². The number of piperidine rings is 1. The average molecular weight is 317 g/mol. The number of hydrogen-bond donors (Lipinski definition) is 0. The van der Waals surface area contributed by atoms with Gasteiger partial charge in [0, 0.05) is 31.4 Å². The molecule has 0 saturated carbocycles. The molecule has 4 nitrogen and oxygen atoms in total. The van der Waals surface area contributed by atoms with Crippen LogP contribution in [0.3, 0.4) is 0 Å². The average Bonchev–Trinajstić information content (AvgIpc) is 3.04. The molecule has 1 fully saturated rings. The van der Waals surface area contributed by atoms with Gasteiger partial charge in [-0.15, -0.1) is 0 Å². The fraction of sp³-hybridized carbons (Fsp3) is 0.737. The molecule has 0 bridgehead atoms. The first kappa shape index (κ1) is 16.6. The lowest BCUT2D eigenvalue weighted by Crippen LogP contribution is -2.43. The summed E-state index contributed by atoms with van der Waals surface area (Å²) in [7, 11) is 0. The molecule has 1 aromatic heterocycles. The zero-order valence-electron chi connectivity index (χ0n) is 14.7. The van der Waals surface area contributed by atoms with E-state index in [4.69, 9.17) is 0 Å². The van der Waals surface area contributed by atoms with Crippen LogP contribution < -0.4 is 0 Å². The van der Waals surface area contributed by atoms with E-state index in [1.807, 2.05) is 0 Å². The van der Waals surface area contributed by atoms with Crippen molar-refractivity contribution in [3.8, 4) is 0 Å². The number of aromatic nitrogens is 1.